The number of aromatic nitrogens is 2. The molecule has 160 valence electrons. The van der Waals surface area contributed by atoms with Crippen LogP contribution in [0.2, 0.25) is 0 Å². The molecule has 0 fully saturated rings. The molecule has 2 heterocycles. The van der Waals surface area contributed by atoms with Crippen LogP contribution in [0.4, 0.5) is 0 Å². The van der Waals surface area contributed by atoms with Crippen molar-refractivity contribution in [3.8, 4) is 17.2 Å². The lowest BCUT2D eigenvalue weighted by Gasteiger charge is -2.29. The van der Waals surface area contributed by atoms with Crippen molar-refractivity contribution in [3.63, 3.8) is 0 Å². The first kappa shape index (κ1) is 19.8. The fourth-order valence-electron chi connectivity index (χ4n) is 3.81. The van der Waals surface area contributed by atoms with Gasteiger partial charge in [0.15, 0.2) is 23.3 Å². The normalized spacial score (nSPS) is 14.8. The van der Waals surface area contributed by atoms with Gasteiger partial charge in [-0.15, -0.1) is 0 Å². The Balaban J connectivity index is 1.48. The second-order valence-electron chi connectivity index (χ2n) is 7.63. The van der Waals surface area contributed by atoms with Crippen molar-refractivity contribution in [2.75, 3.05) is 20.2 Å². The molecule has 0 bridgehead atoms. The number of fused-ring (bicyclic) bond motifs is 2. The van der Waals surface area contributed by atoms with Crippen molar-refractivity contribution in [1.29, 1.82) is 0 Å². The Kier molecular flexibility index (Phi) is 5.07. The molecule has 1 aliphatic rings. The average molecular weight is 427 g/mol. The molecular formula is C25H21N3O4. The van der Waals surface area contributed by atoms with E-state index in [0.29, 0.717) is 41.1 Å². The van der Waals surface area contributed by atoms with Gasteiger partial charge in [-0.05, 0) is 30.3 Å². The number of hydrogen-bond acceptors (Lipinski definition) is 5. The number of amides is 1. The van der Waals surface area contributed by atoms with E-state index < -0.39 is 0 Å². The predicted molar refractivity (Wildman–Crippen MR) is 121 cm³/mol. The Morgan fingerprint density at radius 3 is 2.41 bits per heavy atom. The number of para-hydroxylation sites is 3. The van der Waals surface area contributed by atoms with Gasteiger partial charge < -0.3 is 14.4 Å². The lowest BCUT2D eigenvalue weighted by Crippen LogP contribution is -2.42. The van der Waals surface area contributed by atoms with E-state index in [1.54, 1.807) is 48.3 Å². The Bertz CT molecular complexity index is 1350. The van der Waals surface area contributed by atoms with Gasteiger partial charge in [-0.1, -0.05) is 48.5 Å². The van der Waals surface area contributed by atoms with Gasteiger partial charge in [0.25, 0.3) is 11.5 Å². The zero-order chi connectivity index (χ0) is 22.1. The van der Waals surface area contributed by atoms with E-state index in [9.17, 15) is 9.59 Å². The number of rotatable bonds is 4. The van der Waals surface area contributed by atoms with Gasteiger partial charge in [-0.2, -0.15) is 9.78 Å². The molecule has 7 heteroatoms. The molecule has 3 aromatic carbocycles. The zero-order valence-electron chi connectivity index (χ0n) is 17.5. The number of carbonyl (C=O) groups is 1. The molecule has 0 unspecified atom stereocenters. The molecule has 1 amide bonds. The third-order valence-electron chi connectivity index (χ3n) is 5.40. The summed E-state index contributed by atoms with van der Waals surface area (Å²) >= 11 is 0. The highest BCUT2D eigenvalue weighted by atomic mass is 16.6. The molecule has 1 aliphatic heterocycles. The summed E-state index contributed by atoms with van der Waals surface area (Å²) in [5.41, 5.74) is 0.538. The van der Waals surface area contributed by atoms with Crippen LogP contribution in [0.5, 0.6) is 11.5 Å². The number of benzene rings is 3. The summed E-state index contributed by atoms with van der Waals surface area (Å²) in [6.07, 6.45) is -0.315. The average Bonchev–Trinajstić information content (AvgIpc) is 2.84. The number of likely N-dealkylation sites (N-methyl/N-ethyl adjacent to an activating group) is 1. The van der Waals surface area contributed by atoms with E-state index in [0.717, 1.165) is 0 Å². The molecule has 32 heavy (non-hydrogen) atoms. The maximum Gasteiger partial charge on any atom is 0.279 e. The van der Waals surface area contributed by atoms with Crippen molar-refractivity contribution in [1.82, 2.24) is 14.7 Å². The van der Waals surface area contributed by atoms with Crippen LogP contribution in [-0.4, -0.2) is 46.9 Å². The van der Waals surface area contributed by atoms with E-state index in [2.05, 4.69) is 5.10 Å². The first-order valence-electron chi connectivity index (χ1n) is 10.3. The molecule has 1 aromatic heterocycles. The molecule has 5 rings (SSSR count). The van der Waals surface area contributed by atoms with Crippen LogP contribution < -0.4 is 15.0 Å². The SMILES string of the molecule is CN(C[C@@H]1COc2ccccc2O1)C(=O)c1nn(-c2ccccc2)c(=O)c2ccccc12. The highest BCUT2D eigenvalue weighted by molar-refractivity contribution is 6.04. The van der Waals surface area contributed by atoms with Gasteiger partial charge >= 0.3 is 0 Å². The molecule has 0 aliphatic carbocycles. The van der Waals surface area contributed by atoms with E-state index >= 15 is 0 Å². The molecule has 7 nitrogen and oxygen atoms in total. The Morgan fingerprint density at radius 1 is 0.969 bits per heavy atom. The number of ether oxygens (including phenoxy) is 2. The van der Waals surface area contributed by atoms with Crippen LogP contribution in [0.3, 0.4) is 0 Å². The molecule has 0 radical (unpaired) electrons. The van der Waals surface area contributed by atoms with Crippen molar-refractivity contribution in [3.05, 3.63) is 94.9 Å². The number of hydrogen-bond donors (Lipinski definition) is 0. The summed E-state index contributed by atoms with van der Waals surface area (Å²) in [5.74, 6) is 1.06. The van der Waals surface area contributed by atoms with Gasteiger partial charge in [0.05, 0.1) is 17.6 Å². The highest BCUT2D eigenvalue weighted by Crippen LogP contribution is 2.31. The minimum atomic E-state index is -0.315. The van der Waals surface area contributed by atoms with Crippen molar-refractivity contribution < 1.29 is 14.3 Å². The quantitative estimate of drug-likeness (QED) is 0.500. The largest absolute Gasteiger partial charge is 0.486 e. The number of carbonyl (C=O) groups excluding carboxylic acids is 1. The van der Waals surface area contributed by atoms with Crippen LogP contribution in [0.15, 0.2) is 83.7 Å². The summed E-state index contributed by atoms with van der Waals surface area (Å²) in [7, 11) is 1.70. The molecule has 0 saturated carbocycles. The smallest absolute Gasteiger partial charge is 0.279 e. The third kappa shape index (κ3) is 3.58. The Labute approximate surface area is 184 Å². The van der Waals surface area contributed by atoms with Gasteiger partial charge in [0.2, 0.25) is 0 Å². The maximum atomic E-state index is 13.4. The molecule has 1 atom stereocenters. The highest BCUT2D eigenvalue weighted by Gasteiger charge is 2.26. The lowest BCUT2D eigenvalue weighted by atomic mass is 10.1. The first-order chi connectivity index (χ1) is 15.6. The molecule has 4 aromatic rings. The van der Waals surface area contributed by atoms with Crippen LogP contribution in [0.1, 0.15) is 10.5 Å². The van der Waals surface area contributed by atoms with E-state index in [1.807, 2.05) is 42.5 Å². The fourth-order valence-corrected chi connectivity index (χ4v) is 3.81. The Morgan fingerprint density at radius 2 is 1.62 bits per heavy atom. The van der Waals surface area contributed by atoms with Crippen LogP contribution in [-0.2, 0) is 0 Å². The second-order valence-corrected chi connectivity index (χ2v) is 7.63. The van der Waals surface area contributed by atoms with Crippen LogP contribution in [0.25, 0.3) is 16.5 Å². The zero-order valence-corrected chi connectivity index (χ0v) is 17.5. The minimum absolute atomic E-state index is 0.212. The van der Waals surface area contributed by atoms with E-state index in [4.69, 9.17) is 9.47 Å². The van der Waals surface area contributed by atoms with Gasteiger partial charge in [0, 0.05) is 12.4 Å². The third-order valence-corrected chi connectivity index (χ3v) is 5.40. The topological polar surface area (TPSA) is 73.7 Å². The summed E-state index contributed by atoms with van der Waals surface area (Å²) in [6.45, 7) is 0.653. The molecule has 0 N–H and O–H groups in total. The fraction of sp³-hybridized carbons (Fsp3) is 0.160. The summed E-state index contributed by atoms with van der Waals surface area (Å²) in [6, 6.07) is 23.6. The monoisotopic (exact) mass is 427 g/mol. The van der Waals surface area contributed by atoms with Gasteiger partial charge in [-0.3, -0.25) is 9.59 Å². The van der Waals surface area contributed by atoms with Crippen molar-refractivity contribution >= 4 is 16.7 Å². The van der Waals surface area contributed by atoms with E-state index in [1.165, 1.54) is 4.68 Å². The van der Waals surface area contributed by atoms with Gasteiger partial charge in [0.1, 0.15) is 6.61 Å². The van der Waals surface area contributed by atoms with Crippen LogP contribution in [0, 0.1) is 0 Å². The summed E-state index contributed by atoms with van der Waals surface area (Å²) in [4.78, 5) is 28.0. The molecular weight excluding hydrogens is 406 g/mol. The Hall–Kier alpha value is -4.13. The van der Waals surface area contributed by atoms with Crippen LogP contribution >= 0.6 is 0 Å². The predicted octanol–water partition coefficient (Wildman–Crippen LogP) is 3.30. The van der Waals surface area contributed by atoms with Crippen molar-refractivity contribution in [2.24, 2.45) is 0 Å². The minimum Gasteiger partial charge on any atom is -0.486 e. The standard InChI is InChI=1S/C25H21N3O4/c1-27(15-18-16-31-21-13-7-8-14-22(21)32-18)25(30)23-19-11-5-6-12-20(19)24(29)28(26-23)17-9-3-2-4-10-17/h2-14,18H,15-16H2,1H3/t18-/m1/s1. The molecule has 0 saturated heterocycles. The summed E-state index contributed by atoms with van der Waals surface area (Å²) < 4.78 is 13.0. The van der Waals surface area contributed by atoms with E-state index in [-0.39, 0.29) is 23.3 Å². The first-order valence-corrected chi connectivity index (χ1v) is 10.3. The van der Waals surface area contributed by atoms with Gasteiger partial charge in [-0.25, -0.2) is 0 Å². The number of nitrogens with zero attached hydrogens (tertiary/aromatic N) is 3. The maximum absolute atomic E-state index is 13.4. The summed E-state index contributed by atoms with van der Waals surface area (Å²) in [5, 5.41) is 5.42. The van der Waals surface area contributed by atoms with Crippen molar-refractivity contribution in [2.45, 2.75) is 6.10 Å². The molecule has 0 spiro atoms. The lowest BCUT2D eigenvalue weighted by molar-refractivity contribution is 0.0517. The second kappa shape index (κ2) is 8.19.